The van der Waals surface area contributed by atoms with E-state index in [-0.39, 0.29) is 5.56 Å². The van der Waals surface area contributed by atoms with Gasteiger partial charge in [-0.1, -0.05) is 49.8 Å². The van der Waals surface area contributed by atoms with E-state index in [1.807, 2.05) is 13.0 Å². The highest BCUT2D eigenvalue weighted by Gasteiger charge is 2.08. The fourth-order valence-corrected chi connectivity index (χ4v) is 3.35. The molecule has 0 unspecified atom stereocenters. The molecule has 0 aliphatic carbocycles. The number of rotatable bonds is 6. The third-order valence-corrected chi connectivity index (χ3v) is 4.69. The highest BCUT2D eigenvalue weighted by molar-refractivity contribution is 7.16. The van der Waals surface area contributed by atoms with E-state index in [1.165, 1.54) is 21.4 Å². The molecule has 5 nitrogen and oxygen atoms in total. The number of hydrogen-bond acceptors (Lipinski definition) is 5. The molecule has 0 saturated heterocycles. The first kappa shape index (κ1) is 15.7. The van der Waals surface area contributed by atoms with E-state index in [9.17, 15) is 4.79 Å². The number of aryl methyl sites for hydroxylation is 2. The molecule has 0 bridgehead atoms. The smallest absolute Gasteiger partial charge is 0.275 e. The van der Waals surface area contributed by atoms with Gasteiger partial charge in [0.1, 0.15) is 5.01 Å². The second kappa shape index (κ2) is 6.91. The third-order valence-electron chi connectivity index (χ3n) is 3.64. The highest BCUT2D eigenvalue weighted by Crippen LogP contribution is 2.18. The molecule has 2 aromatic heterocycles. The molecular weight excluding hydrogens is 308 g/mol. The topological polar surface area (TPSA) is 59.3 Å². The molecule has 3 aromatic rings. The highest BCUT2D eigenvalue weighted by atomic mass is 32.1. The van der Waals surface area contributed by atoms with Crippen molar-refractivity contribution in [1.29, 1.82) is 0 Å². The van der Waals surface area contributed by atoms with Crippen LogP contribution in [-0.2, 0) is 19.4 Å². The SMILES string of the molecule is CCCc1ccccc1NCc1cc(=O)n2nc(CC)sc2n1. The third kappa shape index (κ3) is 3.42. The van der Waals surface area contributed by atoms with Gasteiger partial charge in [0.2, 0.25) is 4.96 Å². The average molecular weight is 328 g/mol. The lowest BCUT2D eigenvalue weighted by atomic mass is 10.1. The van der Waals surface area contributed by atoms with Crippen molar-refractivity contribution in [3.05, 3.63) is 57.0 Å². The van der Waals surface area contributed by atoms with Crippen LogP contribution in [0.3, 0.4) is 0 Å². The Labute approximate surface area is 139 Å². The summed E-state index contributed by atoms with van der Waals surface area (Å²) in [5, 5.41) is 8.59. The Hall–Kier alpha value is -2.21. The number of aromatic nitrogens is 3. The lowest BCUT2D eigenvalue weighted by Crippen LogP contribution is -2.17. The molecule has 3 rings (SSSR count). The number of nitrogens with zero attached hydrogens (tertiary/aromatic N) is 3. The summed E-state index contributed by atoms with van der Waals surface area (Å²) in [6.07, 6.45) is 2.95. The summed E-state index contributed by atoms with van der Waals surface area (Å²) < 4.78 is 1.39. The Morgan fingerprint density at radius 2 is 2.09 bits per heavy atom. The van der Waals surface area contributed by atoms with E-state index < -0.39 is 0 Å². The first-order valence-corrected chi connectivity index (χ1v) is 8.73. The van der Waals surface area contributed by atoms with Crippen molar-refractivity contribution in [3.8, 4) is 0 Å². The summed E-state index contributed by atoms with van der Waals surface area (Å²) in [6.45, 7) is 4.73. The van der Waals surface area contributed by atoms with Crippen molar-refractivity contribution < 1.29 is 0 Å². The summed E-state index contributed by atoms with van der Waals surface area (Å²) >= 11 is 1.47. The molecule has 23 heavy (non-hydrogen) atoms. The molecule has 0 aliphatic rings. The number of nitrogens with one attached hydrogen (secondary N) is 1. The van der Waals surface area contributed by atoms with Gasteiger partial charge in [-0.3, -0.25) is 4.79 Å². The number of hydrogen-bond donors (Lipinski definition) is 1. The molecule has 1 N–H and O–H groups in total. The lowest BCUT2D eigenvalue weighted by molar-refractivity contribution is 0.845. The molecule has 0 amide bonds. The average Bonchev–Trinajstić information content (AvgIpc) is 2.98. The van der Waals surface area contributed by atoms with Gasteiger partial charge in [-0.05, 0) is 24.5 Å². The van der Waals surface area contributed by atoms with E-state index in [2.05, 4.69) is 40.5 Å². The van der Waals surface area contributed by atoms with Crippen LogP contribution < -0.4 is 10.9 Å². The number of fused-ring (bicyclic) bond motifs is 1. The van der Waals surface area contributed by atoms with Gasteiger partial charge >= 0.3 is 0 Å². The standard InChI is InChI=1S/C17H20N4OS/c1-3-7-12-8-5-6-9-14(12)18-11-13-10-16(22)21-17(19-13)23-15(4-2)20-21/h5-6,8-10,18H,3-4,7,11H2,1-2H3. The van der Waals surface area contributed by atoms with Crippen LogP contribution in [0.1, 0.15) is 36.5 Å². The molecule has 0 atom stereocenters. The van der Waals surface area contributed by atoms with Crippen molar-refractivity contribution in [2.75, 3.05) is 5.32 Å². The maximum absolute atomic E-state index is 12.1. The van der Waals surface area contributed by atoms with Crippen molar-refractivity contribution in [3.63, 3.8) is 0 Å². The Morgan fingerprint density at radius 1 is 1.26 bits per heavy atom. The van der Waals surface area contributed by atoms with Crippen molar-refractivity contribution in [1.82, 2.24) is 14.6 Å². The zero-order chi connectivity index (χ0) is 16.2. The summed E-state index contributed by atoms with van der Waals surface area (Å²) in [7, 11) is 0. The number of benzene rings is 1. The molecule has 2 heterocycles. The molecule has 0 fully saturated rings. The Kier molecular flexibility index (Phi) is 4.71. The molecular formula is C17H20N4OS. The minimum atomic E-state index is -0.121. The zero-order valence-corrected chi connectivity index (χ0v) is 14.2. The fraction of sp³-hybridized carbons (Fsp3) is 0.353. The molecule has 0 spiro atoms. The minimum absolute atomic E-state index is 0.121. The van der Waals surface area contributed by atoms with Crippen LogP contribution in [0.5, 0.6) is 0 Å². The van der Waals surface area contributed by atoms with E-state index in [1.54, 1.807) is 6.07 Å². The van der Waals surface area contributed by atoms with Crippen molar-refractivity contribution in [2.24, 2.45) is 0 Å². The van der Waals surface area contributed by atoms with E-state index in [0.717, 1.165) is 35.7 Å². The van der Waals surface area contributed by atoms with Gasteiger partial charge in [0.15, 0.2) is 0 Å². The fourth-order valence-electron chi connectivity index (χ4n) is 2.50. The Balaban J connectivity index is 1.83. The van der Waals surface area contributed by atoms with Crippen molar-refractivity contribution in [2.45, 2.75) is 39.7 Å². The van der Waals surface area contributed by atoms with Gasteiger partial charge in [0.25, 0.3) is 5.56 Å². The molecule has 0 aliphatic heterocycles. The molecule has 0 saturated carbocycles. The van der Waals surface area contributed by atoms with E-state index >= 15 is 0 Å². The molecule has 120 valence electrons. The molecule has 6 heteroatoms. The van der Waals surface area contributed by atoms with Gasteiger partial charge in [-0.15, -0.1) is 0 Å². The minimum Gasteiger partial charge on any atom is -0.379 e. The van der Waals surface area contributed by atoms with Crippen LogP contribution in [0.2, 0.25) is 0 Å². The van der Waals surface area contributed by atoms with Gasteiger partial charge < -0.3 is 5.32 Å². The normalized spacial score (nSPS) is 11.0. The zero-order valence-electron chi connectivity index (χ0n) is 13.4. The van der Waals surface area contributed by atoms with Crippen LogP contribution >= 0.6 is 11.3 Å². The predicted octanol–water partition coefficient (Wildman–Crippen LogP) is 3.28. The summed E-state index contributed by atoms with van der Waals surface area (Å²) in [4.78, 5) is 17.4. The van der Waals surface area contributed by atoms with Gasteiger partial charge in [0, 0.05) is 11.8 Å². The maximum Gasteiger partial charge on any atom is 0.275 e. The van der Waals surface area contributed by atoms with Gasteiger partial charge in [-0.25, -0.2) is 4.98 Å². The summed E-state index contributed by atoms with van der Waals surface area (Å²) in [6, 6.07) is 9.83. The molecule has 1 aromatic carbocycles. The first-order valence-electron chi connectivity index (χ1n) is 7.91. The van der Waals surface area contributed by atoms with E-state index in [0.29, 0.717) is 11.5 Å². The van der Waals surface area contributed by atoms with Crippen LogP contribution in [0.25, 0.3) is 4.96 Å². The largest absolute Gasteiger partial charge is 0.379 e. The quantitative estimate of drug-likeness (QED) is 0.754. The van der Waals surface area contributed by atoms with Gasteiger partial charge in [0.05, 0.1) is 12.2 Å². The second-order valence-corrected chi connectivity index (χ2v) is 6.43. The maximum atomic E-state index is 12.1. The van der Waals surface area contributed by atoms with Crippen LogP contribution in [0, 0.1) is 0 Å². The lowest BCUT2D eigenvalue weighted by Gasteiger charge is -2.11. The first-order chi connectivity index (χ1) is 11.2. The van der Waals surface area contributed by atoms with Gasteiger partial charge in [-0.2, -0.15) is 9.61 Å². The monoisotopic (exact) mass is 328 g/mol. The van der Waals surface area contributed by atoms with Crippen LogP contribution in [-0.4, -0.2) is 14.6 Å². The van der Waals surface area contributed by atoms with Crippen LogP contribution in [0.4, 0.5) is 5.69 Å². The number of para-hydroxylation sites is 1. The van der Waals surface area contributed by atoms with Crippen molar-refractivity contribution >= 4 is 22.0 Å². The van der Waals surface area contributed by atoms with Crippen LogP contribution in [0.15, 0.2) is 35.1 Å². The number of anilines is 1. The Bertz CT molecular complexity index is 868. The van der Waals surface area contributed by atoms with E-state index in [4.69, 9.17) is 0 Å². The predicted molar refractivity (Wildman–Crippen MR) is 94.3 cm³/mol. The molecule has 0 radical (unpaired) electrons. The second-order valence-electron chi connectivity index (χ2n) is 5.39. The summed E-state index contributed by atoms with van der Waals surface area (Å²) in [5.41, 5.74) is 3.02. The summed E-state index contributed by atoms with van der Waals surface area (Å²) in [5.74, 6) is 0. The Morgan fingerprint density at radius 3 is 2.87 bits per heavy atom.